The number of benzene rings is 2. The van der Waals surface area contributed by atoms with Crippen LogP contribution in [0.5, 0.6) is 5.75 Å². The van der Waals surface area contributed by atoms with Gasteiger partial charge in [-0.3, -0.25) is 9.79 Å². The molecule has 2 aromatic rings. The number of amides is 1. The fourth-order valence-corrected chi connectivity index (χ4v) is 2.58. The van der Waals surface area contributed by atoms with Crippen LogP contribution in [0.4, 0.5) is 0 Å². The lowest BCUT2D eigenvalue weighted by Crippen LogP contribution is -2.41. The number of nitrogens with one attached hydrogen (secondary N) is 3. The molecule has 1 amide bonds. The van der Waals surface area contributed by atoms with Crippen molar-refractivity contribution in [3.63, 3.8) is 0 Å². The van der Waals surface area contributed by atoms with Crippen molar-refractivity contribution in [2.75, 3.05) is 27.2 Å². The third-order valence-electron chi connectivity index (χ3n) is 3.92. The van der Waals surface area contributed by atoms with Gasteiger partial charge in [0.05, 0.1) is 7.11 Å². The molecule has 0 aliphatic carbocycles. The zero-order valence-electron chi connectivity index (χ0n) is 16.2. The molecule has 0 radical (unpaired) electrons. The fraction of sp³-hybridized carbons (Fsp3) is 0.300. The maximum atomic E-state index is 12.0. The topological polar surface area (TPSA) is 74.8 Å². The van der Waals surface area contributed by atoms with Crippen LogP contribution in [0.25, 0.3) is 0 Å². The first-order chi connectivity index (χ1) is 13.0. The first kappa shape index (κ1) is 24.0. The Morgan fingerprint density at radius 3 is 2.39 bits per heavy atom. The molecule has 0 aromatic heterocycles. The van der Waals surface area contributed by atoms with E-state index in [2.05, 4.69) is 20.9 Å². The van der Waals surface area contributed by atoms with Crippen molar-refractivity contribution in [1.29, 1.82) is 0 Å². The molecule has 8 heteroatoms. The third-order valence-corrected chi connectivity index (χ3v) is 4.17. The number of hydrogen-bond donors (Lipinski definition) is 3. The van der Waals surface area contributed by atoms with Gasteiger partial charge in [0.1, 0.15) is 5.75 Å². The molecule has 0 aliphatic heterocycles. The van der Waals surface area contributed by atoms with Gasteiger partial charge in [-0.1, -0.05) is 23.7 Å². The van der Waals surface area contributed by atoms with Crippen molar-refractivity contribution in [3.8, 4) is 5.75 Å². The van der Waals surface area contributed by atoms with E-state index >= 15 is 0 Å². The lowest BCUT2D eigenvalue weighted by atomic mass is 10.1. The summed E-state index contributed by atoms with van der Waals surface area (Å²) in [7, 11) is 3.36. The molecule has 0 bridgehead atoms. The second kappa shape index (κ2) is 12.5. The summed E-state index contributed by atoms with van der Waals surface area (Å²) >= 11 is 5.82. The largest absolute Gasteiger partial charge is 0.496 e. The molecule has 0 heterocycles. The Hall–Kier alpha value is -2.00. The Labute approximate surface area is 188 Å². The molecule has 0 spiro atoms. The molecule has 3 N–H and O–H groups in total. The number of aryl methyl sites for hydroxylation is 1. The van der Waals surface area contributed by atoms with Gasteiger partial charge in [0.15, 0.2) is 5.96 Å². The quantitative estimate of drug-likeness (QED) is 0.228. The number of carbonyl (C=O) groups excluding carboxylic acids is 1. The van der Waals surface area contributed by atoms with Crippen molar-refractivity contribution in [2.24, 2.45) is 4.99 Å². The molecule has 0 fully saturated rings. The van der Waals surface area contributed by atoms with E-state index < -0.39 is 0 Å². The first-order valence-corrected chi connectivity index (χ1v) is 9.03. The molecule has 0 aliphatic rings. The number of aliphatic imine (C=N–C) groups is 1. The van der Waals surface area contributed by atoms with E-state index in [1.54, 1.807) is 38.4 Å². The van der Waals surface area contributed by atoms with Crippen molar-refractivity contribution >= 4 is 47.4 Å². The minimum atomic E-state index is -0.138. The van der Waals surface area contributed by atoms with Crippen LogP contribution in [-0.4, -0.2) is 39.1 Å². The maximum Gasteiger partial charge on any atom is 0.251 e. The fourth-order valence-electron chi connectivity index (χ4n) is 2.46. The van der Waals surface area contributed by atoms with Gasteiger partial charge in [-0.15, -0.1) is 24.0 Å². The number of halogens is 2. The predicted octanol–water partition coefficient (Wildman–Crippen LogP) is 3.37. The van der Waals surface area contributed by atoms with E-state index in [-0.39, 0.29) is 29.9 Å². The summed E-state index contributed by atoms with van der Waals surface area (Å²) in [5.74, 6) is 1.35. The third kappa shape index (κ3) is 7.55. The van der Waals surface area contributed by atoms with Gasteiger partial charge in [0, 0.05) is 42.8 Å². The van der Waals surface area contributed by atoms with Crippen LogP contribution in [0.2, 0.25) is 5.02 Å². The second-order valence-electron chi connectivity index (χ2n) is 5.93. The zero-order valence-corrected chi connectivity index (χ0v) is 19.3. The van der Waals surface area contributed by atoms with Crippen LogP contribution in [0.15, 0.2) is 47.5 Å². The van der Waals surface area contributed by atoms with Crippen LogP contribution in [0.1, 0.15) is 21.5 Å². The molecule has 2 aromatic carbocycles. The van der Waals surface area contributed by atoms with Crippen molar-refractivity contribution in [1.82, 2.24) is 16.0 Å². The van der Waals surface area contributed by atoms with Gasteiger partial charge in [-0.2, -0.15) is 0 Å². The molecule has 0 saturated heterocycles. The van der Waals surface area contributed by atoms with E-state index in [1.807, 2.05) is 25.1 Å². The van der Waals surface area contributed by atoms with Crippen LogP contribution in [0, 0.1) is 6.92 Å². The molecular formula is C20H26ClIN4O2. The summed E-state index contributed by atoms with van der Waals surface area (Å²) < 4.78 is 5.41. The van der Waals surface area contributed by atoms with Crippen LogP contribution in [0.3, 0.4) is 0 Å². The monoisotopic (exact) mass is 516 g/mol. The summed E-state index contributed by atoms with van der Waals surface area (Å²) in [6.07, 6.45) is 0. The molecule has 152 valence electrons. The van der Waals surface area contributed by atoms with Gasteiger partial charge in [-0.25, -0.2) is 0 Å². The van der Waals surface area contributed by atoms with Gasteiger partial charge in [0.25, 0.3) is 5.91 Å². The van der Waals surface area contributed by atoms with Gasteiger partial charge in [0.2, 0.25) is 0 Å². The molecule has 6 nitrogen and oxygen atoms in total. The highest BCUT2D eigenvalue weighted by Crippen LogP contribution is 2.19. The van der Waals surface area contributed by atoms with Crippen LogP contribution in [-0.2, 0) is 6.54 Å². The molecule has 0 unspecified atom stereocenters. The number of carbonyl (C=O) groups is 1. The SMILES string of the molecule is CN=C(NCCNC(=O)c1ccc(Cl)cc1)NCc1ccc(C)cc1OC.I. The van der Waals surface area contributed by atoms with Crippen LogP contribution >= 0.6 is 35.6 Å². The Balaban J connectivity index is 0.00000392. The van der Waals surface area contributed by atoms with Gasteiger partial charge >= 0.3 is 0 Å². The summed E-state index contributed by atoms with van der Waals surface area (Å²) in [4.78, 5) is 16.2. The molecule has 0 atom stereocenters. The minimum Gasteiger partial charge on any atom is -0.496 e. The average Bonchev–Trinajstić information content (AvgIpc) is 2.68. The van der Waals surface area contributed by atoms with Gasteiger partial charge < -0.3 is 20.7 Å². The predicted molar refractivity (Wildman–Crippen MR) is 125 cm³/mol. The number of hydrogen-bond acceptors (Lipinski definition) is 3. The number of methoxy groups -OCH3 is 1. The molecule has 0 saturated carbocycles. The summed E-state index contributed by atoms with van der Waals surface area (Å²) in [5, 5.41) is 9.86. The normalized spacial score (nSPS) is 10.6. The Bertz CT molecular complexity index is 797. The number of guanidine groups is 1. The summed E-state index contributed by atoms with van der Waals surface area (Å²) in [6, 6.07) is 12.9. The van der Waals surface area contributed by atoms with Crippen LogP contribution < -0.4 is 20.7 Å². The van der Waals surface area contributed by atoms with Crippen molar-refractivity contribution < 1.29 is 9.53 Å². The second-order valence-corrected chi connectivity index (χ2v) is 6.37. The number of ether oxygens (including phenoxy) is 1. The Morgan fingerprint density at radius 1 is 1.07 bits per heavy atom. The average molecular weight is 517 g/mol. The van der Waals surface area contributed by atoms with Crippen molar-refractivity contribution in [3.05, 3.63) is 64.2 Å². The van der Waals surface area contributed by atoms with Crippen molar-refractivity contribution in [2.45, 2.75) is 13.5 Å². The minimum absolute atomic E-state index is 0. The zero-order chi connectivity index (χ0) is 19.6. The van der Waals surface area contributed by atoms with E-state index in [9.17, 15) is 4.79 Å². The molecule has 2 rings (SSSR count). The van der Waals surface area contributed by atoms with E-state index in [0.29, 0.717) is 36.2 Å². The Kier molecular flexibility index (Phi) is 10.7. The highest BCUT2D eigenvalue weighted by Gasteiger charge is 2.06. The summed E-state index contributed by atoms with van der Waals surface area (Å²) in [6.45, 7) is 3.62. The van der Waals surface area contributed by atoms with Gasteiger partial charge in [-0.05, 0) is 42.8 Å². The Morgan fingerprint density at radius 2 is 1.75 bits per heavy atom. The van der Waals surface area contributed by atoms with E-state index in [1.165, 1.54) is 0 Å². The standard InChI is InChI=1S/C20H25ClN4O2.HI/c1-14-4-5-16(18(12-14)27-3)13-25-20(22-2)24-11-10-23-19(26)15-6-8-17(21)9-7-15;/h4-9,12H,10-11,13H2,1-3H3,(H,23,26)(H2,22,24,25);1H. The lowest BCUT2D eigenvalue weighted by molar-refractivity contribution is 0.0954. The lowest BCUT2D eigenvalue weighted by Gasteiger charge is -2.14. The highest BCUT2D eigenvalue weighted by molar-refractivity contribution is 14.0. The summed E-state index contributed by atoms with van der Waals surface area (Å²) in [5.41, 5.74) is 2.77. The highest BCUT2D eigenvalue weighted by atomic mass is 127. The first-order valence-electron chi connectivity index (χ1n) is 8.65. The van der Waals surface area contributed by atoms with E-state index in [4.69, 9.17) is 16.3 Å². The molecule has 28 heavy (non-hydrogen) atoms. The number of rotatable bonds is 7. The van der Waals surface area contributed by atoms with E-state index in [0.717, 1.165) is 16.9 Å². The smallest absolute Gasteiger partial charge is 0.251 e. The molecular weight excluding hydrogens is 491 g/mol. The number of nitrogens with zero attached hydrogens (tertiary/aromatic N) is 1. The maximum absolute atomic E-state index is 12.0.